The minimum Gasteiger partial charge on any atom is -0.370 e. The van der Waals surface area contributed by atoms with E-state index < -0.39 is 6.04 Å². The molecule has 25 heavy (non-hydrogen) atoms. The van der Waals surface area contributed by atoms with Gasteiger partial charge in [-0.05, 0) is 70.7 Å². The zero-order valence-corrected chi connectivity index (χ0v) is 16.1. The van der Waals surface area contributed by atoms with Crippen LogP contribution in [0.2, 0.25) is 0 Å². The summed E-state index contributed by atoms with van der Waals surface area (Å²) >= 11 is 0. The van der Waals surface area contributed by atoms with Crippen LogP contribution in [0.15, 0.2) is 24.3 Å². The molecule has 0 aliphatic rings. The molecule has 0 N–H and O–H groups in total. The third-order valence-electron chi connectivity index (χ3n) is 4.10. The smallest absolute Gasteiger partial charge is 0.157 e. The third kappa shape index (κ3) is 4.40. The first-order chi connectivity index (χ1) is 11.7. The number of carbonyl (C=O) groups is 1. The van der Waals surface area contributed by atoms with Crippen LogP contribution in [0.5, 0.6) is 11.5 Å². The number of aryl methyl sites for hydroxylation is 6. The minimum absolute atomic E-state index is 0.555. The summed E-state index contributed by atoms with van der Waals surface area (Å²) in [6, 6.07) is 7.64. The second-order valence-electron chi connectivity index (χ2n) is 6.80. The van der Waals surface area contributed by atoms with Gasteiger partial charge >= 0.3 is 0 Å². The van der Waals surface area contributed by atoms with E-state index in [2.05, 4.69) is 24.3 Å². The van der Waals surface area contributed by atoms with Crippen molar-refractivity contribution < 1.29 is 14.5 Å². The number of benzene rings is 2. The summed E-state index contributed by atoms with van der Waals surface area (Å²) in [5.74, 6) is 1.42. The molecule has 0 aliphatic heterocycles. The van der Waals surface area contributed by atoms with Crippen LogP contribution >= 0.6 is 0 Å². The van der Waals surface area contributed by atoms with Crippen molar-refractivity contribution in [2.75, 3.05) is 0 Å². The van der Waals surface area contributed by atoms with Crippen molar-refractivity contribution in [2.24, 2.45) is 0 Å². The first-order valence-electron chi connectivity index (χ1n) is 8.49. The van der Waals surface area contributed by atoms with Gasteiger partial charge < -0.3 is 14.5 Å². The Labute approximate surface area is 150 Å². The van der Waals surface area contributed by atoms with Crippen LogP contribution in [0.25, 0.3) is 0 Å². The van der Waals surface area contributed by atoms with Crippen molar-refractivity contribution in [1.82, 2.24) is 5.23 Å². The molecule has 4 nitrogen and oxygen atoms in total. The molecule has 1 unspecified atom stereocenters. The Bertz CT molecular complexity index is 677. The van der Waals surface area contributed by atoms with E-state index in [4.69, 9.17) is 9.68 Å². The number of carbonyl (C=O) groups excluding carboxylic acids is 1. The predicted molar refractivity (Wildman–Crippen MR) is 99.9 cm³/mol. The highest BCUT2D eigenvalue weighted by atomic mass is 17.0. The molecular weight excluding hydrogens is 314 g/mol. The van der Waals surface area contributed by atoms with E-state index in [9.17, 15) is 4.79 Å². The molecule has 0 saturated heterocycles. The number of hydrogen-bond acceptors (Lipinski definition) is 4. The highest BCUT2D eigenvalue weighted by Crippen LogP contribution is 2.29. The van der Waals surface area contributed by atoms with Gasteiger partial charge in [0.15, 0.2) is 11.5 Å². The predicted octanol–water partition coefficient (Wildman–Crippen LogP) is 4.71. The molecule has 0 amide bonds. The maximum atomic E-state index is 11.4. The largest absolute Gasteiger partial charge is 0.370 e. The Hall–Kier alpha value is -2.33. The van der Waals surface area contributed by atoms with Crippen molar-refractivity contribution in [3.63, 3.8) is 0 Å². The Morgan fingerprint density at radius 3 is 1.36 bits per heavy atom. The van der Waals surface area contributed by atoms with Gasteiger partial charge in [-0.15, -0.1) is 0 Å². The topological polar surface area (TPSA) is 38.8 Å². The zero-order chi connectivity index (χ0) is 18.7. The second-order valence-corrected chi connectivity index (χ2v) is 6.80. The molecular formula is C21H27NO3. The summed E-state index contributed by atoms with van der Waals surface area (Å²) in [6.07, 6.45) is 0.803. The van der Waals surface area contributed by atoms with Crippen molar-refractivity contribution in [3.05, 3.63) is 57.6 Å². The molecule has 2 aromatic rings. The summed E-state index contributed by atoms with van der Waals surface area (Å²) < 4.78 is 0. The Balaban J connectivity index is 2.37. The molecule has 2 rings (SSSR count). The third-order valence-corrected chi connectivity index (χ3v) is 4.10. The molecule has 2 aromatic carbocycles. The fourth-order valence-corrected chi connectivity index (χ4v) is 3.04. The van der Waals surface area contributed by atoms with Gasteiger partial charge in [-0.25, -0.2) is 0 Å². The highest BCUT2D eigenvalue weighted by molar-refractivity contribution is 5.56. The zero-order valence-electron chi connectivity index (χ0n) is 16.1. The molecule has 1 atom stereocenters. The van der Waals surface area contributed by atoms with Crippen molar-refractivity contribution in [3.8, 4) is 11.5 Å². The van der Waals surface area contributed by atoms with Crippen molar-refractivity contribution >= 4 is 6.29 Å². The quantitative estimate of drug-likeness (QED) is 0.563. The molecule has 134 valence electrons. The molecule has 0 fully saturated rings. The fourth-order valence-electron chi connectivity index (χ4n) is 3.04. The molecule has 0 heterocycles. The average molecular weight is 341 g/mol. The lowest BCUT2D eigenvalue weighted by molar-refractivity contribution is -0.272. The van der Waals surface area contributed by atoms with Gasteiger partial charge in [0.05, 0.1) is 0 Å². The van der Waals surface area contributed by atoms with Gasteiger partial charge in [0.1, 0.15) is 12.3 Å². The lowest BCUT2D eigenvalue weighted by Gasteiger charge is -2.27. The lowest BCUT2D eigenvalue weighted by Crippen LogP contribution is -2.40. The van der Waals surface area contributed by atoms with Crippen LogP contribution in [0.4, 0.5) is 0 Å². The average Bonchev–Trinajstić information content (AvgIpc) is 2.51. The van der Waals surface area contributed by atoms with E-state index >= 15 is 0 Å². The summed E-state index contributed by atoms with van der Waals surface area (Å²) in [5, 5.41) is 1.28. The van der Waals surface area contributed by atoms with Crippen LogP contribution in [0.3, 0.4) is 0 Å². The van der Waals surface area contributed by atoms with Crippen LogP contribution in [0, 0.1) is 41.5 Å². The first kappa shape index (κ1) is 19.0. The fraction of sp³-hybridized carbons (Fsp3) is 0.381. The molecule has 0 bridgehead atoms. The van der Waals surface area contributed by atoms with Crippen LogP contribution in [-0.4, -0.2) is 17.6 Å². The van der Waals surface area contributed by atoms with Crippen LogP contribution in [-0.2, 0) is 4.79 Å². The van der Waals surface area contributed by atoms with Crippen LogP contribution in [0.1, 0.15) is 40.3 Å². The standard InChI is InChI=1S/C21H27NO3/c1-13-8-15(3)20(16(4)9-13)24-22(19(7)12-23)25-21-17(5)10-14(2)11-18(21)6/h8-12,19H,1-7H3. The van der Waals surface area contributed by atoms with Gasteiger partial charge in [-0.3, -0.25) is 0 Å². The van der Waals surface area contributed by atoms with E-state index in [1.54, 1.807) is 6.92 Å². The van der Waals surface area contributed by atoms with E-state index in [0.717, 1.165) is 28.5 Å². The molecule has 0 radical (unpaired) electrons. The van der Waals surface area contributed by atoms with Crippen molar-refractivity contribution in [1.29, 1.82) is 0 Å². The Morgan fingerprint density at radius 2 is 1.08 bits per heavy atom. The molecule has 0 spiro atoms. The summed E-state index contributed by atoms with van der Waals surface area (Å²) in [6.45, 7) is 13.8. The number of aldehydes is 1. The maximum absolute atomic E-state index is 11.4. The Morgan fingerprint density at radius 1 is 0.760 bits per heavy atom. The van der Waals surface area contributed by atoms with Crippen LogP contribution < -0.4 is 9.68 Å². The molecule has 0 aliphatic carbocycles. The lowest BCUT2D eigenvalue weighted by atomic mass is 10.1. The molecule has 0 saturated carbocycles. The van der Waals surface area contributed by atoms with E-state index in [0.29, 0.717) is 11.5 Å². The second kappa shape index (κ2) is 7.70. The SMILES string of the molecule is Cc1cc(C)c(ON(Oc2c(C)cc(C)cc2C)C(C)C=O)c(C)c1. The van der Waals surface area contributed by atoms with Gasteiger partial charge in [0, 0.05) is 5.23 Å². The molecule has 0 aromatic heterocycles. The van der Waals surface area contributed by atoms with Gasteiger partial charge in [-0.2, -0.15) is 0 Å². The number of rotatable bonds is 6. The Kier molecular flexibility index (Phi) is 5.85. The highest BCUT2D eigenvalue weighted by Gasteiger charge is 2.22. The minimum atomic E-state index is -0.555. The van der Waals surface area contributed by atoms with Gasteiger partial charge in [-0.1, -0.05) is 35.4 Å². The van der Waals surface area contributed by atoms with E-state index in [-0.39, 0.29) is 0 Å². The summed E-state index contributed by atoms with van der Waals surface area (Å²) in [4.78, 5) is 23.4. The molecule has 4 heteroatoms. The number of hydroxylamine groups is 2. The summed E-state index contributed by atoms with van der Waals surface area (Å²) in [5.41, 5.74) is 6.35. The first-order valence-corrected chi connectivity index (χ1v) is 8.49. The monoisotopic (exact) mass is 341 g/mol. The van der Waals surface area contributed by atoms with E-state index in [1.165, 1.54) is 16.4 Å². The van der Waals surface area contributed by atoms with Gasteiger partial charge in [0.2, 0.25) is 0 Å². The maximum Gasteiger partial charge on any atom is 0.157 e. The summed E-state index contributed by atoms with van der Waals surface area (Å²) in [7, 11) is 0. The van der Waals surface area contributed by atoms with Gasteiger partial charge in [0.25, 0.3) is 0 Å². The number of hydrogen-bond donors (Lipinski definition) is 0. The number of nitrogens with zero attached hydrogens (tertiary/aromatic N) is 1. The normalized spacial score (nSPS) is 12.2. The van der Waals surface area contributed by atoms with Crippen molar-refractivity contribution in [2.45, 2.75) is 54.5 Å². The van der Waals surface area contributed by atoms with E-state index in [1.807, 2.05) is 41.5 Å².